The van der Waals surface area contributed by atoms with Crippen LogP contribution in [0.4, 0.5) is 10.5 Å². The molecule has 0 spiro atoms. The van der Waals surface area contributed by atoms with E-state index in [1.807, 2.05) is 45.9 Å². The molecule has 0 radical (unpaired) electrons. The second-order valence-corrected chi connectivity index (χ2v) is 9.54. The Hall–Kier alpha value is -3.04. The predicted octanol–water partition coefficient (Wildman–Crippen LogP) is 5.65. The molecule has 7 heteroatoms. The summed E-state index contributed by atoms with van der Waals surface area (Å²) >= 11 is 6.29. The first-order valence-electron chi connectivity index (χ1n) is 11.1. The van der Waals surface area contributed by atoms with Gasteiger partial charge in [-0.2, -0.15) is 5.26 Å². The van der Waals surface area contributed by atoms with Crippen molar-refractivity contribution in [3.63, 3.8) is 0 Å². The van der Waals surface area contributed by atoms with Crippen molar-refractivity contribution in [2.75, 3.05) is 18.0 Å². The Morgan fingerprint density at radius 3 is 2.45 bits per heavy atom. The maximum absolute atomic E-state index is 13.8. The zero-order valence-electron chi connectivity index (χ0n) is 19.6. The highest BCUT2D eigenvalue weighted by atomic mass is 35.5. The third kappa shape index (κ3) is 5.85. The molecule has 1 aliphatic rings. The Bertz CT molecular complexity index is 1060. The van der Waals surface area contributed by atoms with Crippen LogP contribution in [-0.2, 0) is 10.6 Å². The minimum Gasteiger partial charge on any atom is -0.444 e. The van der Waals surface area contributed by atoms with Crippen molar-refractivity contribution in [2.24, 2.45) is 0 Å². The number of benzene rings is 2. The van der Waals surface area contributed by atoms with Crippen molar-refractivity contribution in [2.45, 2.75) is 58.1 Å². The van der Waals surface area contributed by atoms with Gasteiger partial charge in [-0.25, -0.2) is 4.79 Å². The van der Waals surface area contributed by atoms with Crippen LogP contribution < -0.4 is 4.90 Å². The molecule has 6 nitrogen and oxygen atoms in total. The van der Waals surface area contributed by atoms with Gasteiger partial charge in [-0.15, -0.1) is 11.6 Å². The second kappa shape index (κ2) is 10.3. The molecule has 2 amide bonds. The zero-order valence-corrected chi connectivity index (χ0v) is 20.4. The van der Waals surface area contributed by atoms with Crippen molar-refractivity contribution in [3.8, 4) is 6.07 Å². The van der Waals surface area contributed by atoms with Gasteiger partial charge < -0.3 is 14.5 Å². The van der Waals surface area contributed by atoms with E-state index in [-0.39, 0.29) is 23.9 Å². The van der Waals surface area contributed by atoms with Crippen LogP contribution in [0.5, 0.6) is 0 Å². The number of amides is 2. The monoisotopic (exact) mass is 467 g/mol. The molecule has 0 aliphatic carbocycles. The summed E-state index contributed by atoms with van der Waals surface area (Å²) < 4.78 is 5.51. The van der Waals surface area contributed by atoms with E-state index in [4.69, 9.17) is 16.3 Å². The average molecular weight is 468 g/mol. The Morgan fingerprint density at radius 1 is 1.18 bits per heavy atom. The summed E-state index contributed by atoms with van der Waals surface area (Å²) in [5, 5.41) is 9.29. The van der Waals surface area contributed by atoms with Crippen molar-refractivity contribution in [1.82, 2.24) is 4.90 Å². The average Bonchev–Trinajstić information content (AvgIpc) is 2.78. The molecule has 0 aromatic heterocycles. The molecule has 1 saturated heterocycles. The van der Waals surface area contributed by atoms with E-state index in [0.717, 1.165) is 16.8 Å². The summed E-state index contributed by atoms with van der Waals surface area (Å²) in [5.41, 5.74) is 3.01. The lowest BCUT2D eigenvalue weighted by Crippen LogP contribution is -2.50. The quantitative estimate of drug-likeness (QED) is 0.544. The lowest BCUT2D eigenvalue weighted by molar-refractivity contribution is 0.0205. The molecule has 0 saturated carbocycles. The molecule has 174 valence electrons. The van der Waals surface area contributed by atoms with E-state index < -0.39 is 5.60 Å². The number of hydrogen-bond donors (Lipinski definition) is 0. The third-order valence-corrected chi connectivity index (χ3v) is 5.98. The SMILES string of the molecule is Cc1cccc(N(C(=O)c2cccc(C#N)c2)C2CCN(C(=O)OC(C)(C)C)CC2)c1CCl. The second-order valence-electron chi connectivity index (χ2n) is 9.27. The number of piperidine rings is 1. The number of hydrogen-bond acceptors (Lipinski definition) is 4. The van der Waals surface area contributed by atoms with Crippen LogP contribution >= 0.6 is 11.6 Å². The summed E-state index contributed by atoms with van der Waals surface area (Å²) in [4.78, 5) is 29.8. The van der Waals surface area contributed by atoms with E-state index in [0.29, 0.717) is 37.1 Å². The number of ether oxygens (including phenoxy) is 1. The molecular formula is C26H30ClN3O3. The number of nitrogens with zero attached hydrogens (tertiary/aromatic N) is 3. The predicted molar refractivity (Wildman–Crippen MR) is 130 cm³/mol. The number of halogens is 1. The number of nitriles is 1. The van der Waals surface area contributed by atoms with Crippen molar-refractivity contribution < 1.29 is 14.3 Å². The van der Waals surface area contributed by atoms with Crippen LogP contribution in [0.1, 0.15) is 60.7 Å². The number of carbonyl (C=O) groups is 2. The van der Waals surface area contributed by atoms with E-state index in [2.05, 4.69) is 6.07 Å². The van der Waals surface area contributed by atoms with Gasteiger partial charge in [0.15, 0.2) is 0 Å². The summed E-state index contributed by atoms with van der Waals surface area (Å²) in [6.45, 7) is 8.50. The van der Waals surface area contributed by atoms with Gasteiger partial charge >= 0.3 is 6.09 Å². The number of rotatable bonds is 4. The normalized spacial score (nSPS) is 14.5. The van der Waals surface area contributed by atoms with E-state index in [1.54, 1.807) is 34.1 Å². The smallest absolute Gasteiger partial charge is 0.410 e. The van der Waals surface area contributed by atoms with Crippen LogP contribution in [0.15, 0.2) is 42.5 Å². The maximum Gasteiger partial charge on any atom is 0.410 e. The van der Waals surface area contributed by atoms with E-state index in [9.17, 15) is 14.9 Å². The zero-order chi connectivity index (χ0) is 24.2. The van der Waals surface area contributed by atoms with Gasteiger partial charge in [-0.3, -0.25) is 4.79 Å². The first-order valence-corrected chi connectivity index (χ1v) is 11.6. The van der Waals surface area contributed by atoms with Crippen LogP contribution in [0.3, 0.4) is 0 Å². The minimum absolute atomic E-state index is 0.120. The van der Waals surface area contributed by atoms with Gasteiger partial charge in [0.2, 0.25) is 0 Å². The molecule has 2 aromatic carbocycles. The lowest BCUT2D eigenvalue weighted by atomic mass is 9.98. The number of aryl methyl sites for hydroxylation is 1. The third-order valence-electron chi connectivity index (χ3n) is 5.72. The molecule has 0 N–H and O–H groups in total. The fraction of sp³-hybridized carbons (Fsp3) is 0.423. The molecule has 33 heavy (non-hydrogen) atoms. The highest BCUT2D eigenvalue weighted by molar-refractivity contribution is 6.18. The van der Waals surface area contributed by atoms with Crippen LogP contribution in [-0.4, -0.2) is 41.6 Å². The summed E-state index contributed by atoms with van der Waals surface area (Å²) in [6.07, 6.45) is 0.884. The topological polar surface area (TPSA) is 73.6 Å². The summed E-state index contributed by atoms with van der Waals surface area (Å²) in [7, 11) is 0. The first-order chi connectivity index (χ1) is 15.6. The Morgan fingerprint density at radius 2 is 1.85 bits per heavy atom. The molecule has 1 fully saturated rings. The minimum atomic E-state index is -0.557. The first kappa shape index (κ1) is 24.6. The van der Waals surface area contributed by atoms with E-state index >= 15 is 0 Å². The van der Waals surface area contributed by atoms with Crippen LogP contribution in [0, 0.1) is 18.3 Å². The fourth-order valence-electron chi connectivity index (χ4n) is 4.05. The van der Waals surface area contributed by atoms with Gasteiger partial charge in [0.25, 0.3) is 5.91 Å². The molecular weight excluding hydrogens is 438 g/mol. The van der Waals surface area contributed by atoms with Crippen LogP contribution in [0.25, 0.3) is 0 Å². The summed E-state index contributed by atoms with van der Waals surface area (Å²) in [6, 6.07) is 14.5. The van der Waals surface area contributed by atoms with Gasteiger partial charge in [-0.05, 0) is 75.9 Å². The lowest BCUT2D eigenvalue weighted by Gasteiger charge is -2.39. The highest BCUT2D eigenvalue weighted by Gasteiger charge is 2.34. The van der Waals surface area contributed by atoms with Crippen LogP contribution in [0.2, 0.25) is 0 Å². The Balaban J connectivity index is 1.92. The van der Waals surface area contributed by atoms with Gasteiger partial charge in [-0.1, -0.05) is 18.2 Å². The number of likely N-dealkylation sites (tertiary alicyclic amines) is 1. The van der Waals surface area contributed by atoms with E-state index in [1.165, 1.54) is 0 Å². The standard InChI is InChI=1S/C26H30ClN3O3/c1-18-7-5-10-23(22(18)16-27)30(24(31)20-9-6-8-19(15-20)17-28)21-11-13-29(14-12-21)25(32)33-26(2,3)4/h5-10,15,21H,11-14,16H2,1-4H3. The maximum atomic E-state index is 13.8. The number of carbonyl (C=O) groups excluding carboxylic acids is 2. The van der Waals surface area contributed by atoms with Crippen molar-refractivity contribution in [3.05, 3.63) is 64.7 Å². The molecule has 0 unspecified atom stereocenters. The molecule has 3 rings (SSSR count). The number of alkyl halides is 1. The van der Waals surface area contributed by atoms with Crippen molar-refractivity contribution in [1.29, 1.82) is 5.26 Å². The highest BCUT2D eigenvalue weighted by Crippen LogP contribution is 2.32. The largest absolute Gasteiger partial charge is 0.444 e. The molecule has 1 aliphatic heterocycles. The fourth-order valence-corrected chi connectivity index (χ4v) is 4.40. The van der Waals surface area contributed by atoms with Gasteiger partial charge in [0.1, 0.15) is 5.60 Å². The molecule has 1 heterocycles. The Labute approximate surface area is 200 Å². The summed E-state index contributed by atoms with van der Waals surface area (Å²) in [5.74, 6) is 0.0978. The molecule has 0 bridgehead atoms. The van der Waals surface area contributed by atoms with Gasteiger partial charge in [0, 0.05) is 36.3 Å². The molecule has 0 atom stereocenters. The Kier molecular flexibility index (Phi) is 7.65. The van der Waals surface area contributed by atoms with Gasteiger partial charge in [0.05, 0.1) is 11.6 Å². The number of anilines is 1. The molecule has 2 aromatic rings. The van der Waals surface area contributed by atoms with Crippen molar-refractivity contribution >= 4 is 29.3 Å².